The molecular weight excluding hydrogens is 433 g/mol. The third kappa shape index (κ3) is 8.98. The number of carbonyl (C=O) groups excluding carboxylic acids is 4. The maximum Gasteiger partial charge on any atom is 1.00 e. The number of ether oxygens (including phenoxy) is 1. The van der Waals surface area contributed by atoms with Crippen molar-refractivity contribution in [3.05, 3.63) is 12.2 Å². The van der Waals surface area contributed by atoms with Crippen LogP contribution in [0.25, 0.3) is 0 Å². The summed E-state index contributed by atoms with van der Waals surface area (Å²) < 4.78 is 37.4. The Bertz CT molecular complexity index is 710. The molecule has 2 amide bonds. The van der Waals surface area contributed by atoms with Gasteiger partial charge in [-0.3, -0.25) is 9.59 Å². The molecule has 0 aromatic carbocycles. The van der Waals surface area contributed by atoms with Crippen LogP contribution in [0.3, 0.4) is 0 Å². The molecule has 1 heterocycles. The Kier molecular flexibility index (Phi) is 11.8. The van der Waals surface area contributed by atoms with Gasteiger partial charge in [0.15, 0.2) is 0 Å². The predicted octanol–water partition coefficient (Wildman–Crippen LogP) is -2.99. The van der Waals surface area contributed by atoms with Crippen LogP contribution in [0.1, 0.15) is 19.8 Å². The van der Waals surface area contributed by atoms with Crippen LogP contribution < -0.4 is 29.6 Å². The molecule has 0 spiro atoms. The molecule has 1 unspecified atom stereocenters. The van der Waals surface area contributed by atoms with Crippen LogP contribution in [0.4, 0.5) is 0 Å². The summed E-state index contributed by atoms with van der Waals surface area (Å²) in [5.41, 5.74) is 0.295. The first kappa shape index (κ1) is 26.4. The molecule has 14 heteroatoms. The molecule has 0 aromatic heterocycles. The van der Waals surface area contributed by atoms with Gasteiger partial charge < -0.3 is 14.1 Å². The van der Waals surface area contributed by atoms with E-state index < -0.39 is 45.5 Å². The number of hydrogen-bond donors (Lipinski definition) is 0. The fraction of sp³-hybridized carbons (Fsp3) is 0.538. The Morgan fingerprint density at radius 1 is 1.30 bits per heavy atom. The molecule has 0 aromatic rings. The minimum absolute atomic E-state index is 0. The van der Waals surface area contributed by atoms with E-state index in [4.69, 9.17) is 4.74 Å². The van der Waals surface area contributed by atoms with E-state index in [2.05, 4.69) is 11.4 Å². The third-order valence-electron chi connectivity index (χ3n) is 2.82. The number of esters is 1. The molecule has 10 nitrogen and oxygen atoms in total. The summed E-state index contributed by atoms with van der Waals surface area (Å²) in [5.74, 6) is -3.08. The van der Waals surface area contributed by atoms with Gasteiger partial charge in [0.2, 0.25) is 0 Å². The van der Waals surface area contributed by atoms with Crippen molar-refractivity contribution in [3.63, 3.8) is 0 Å². The summed E-state index contributed by atoms with van der Waals surface area (Å²) in [6.45, 7) is 5.14. The largest absolute Gasteiger partial charge is 1.00 e. The topological polar surface area (TPSA) is 147 Å². The predicted molar refractivity (Wildman–Crippen MR) is 91.4 cm³/mol. The van der Waals surface area contributed by atoms with Gasteiger partial charge in [0, 0.05) is 17.1 Å². The number of imide groups is 1. The van der Waals surface area contributed by atoms with Crippen molar-refractivity contribution in [1.82, 2.24) is 5.06 Å². The zero-order valence-electron chi connectivity index (χ0n) is 14.7. The van der Waals surface area contributed by atoms with Crippen LogP contribution in [-0.4, -0.2) is 65.1 Å². The smallest absolute Gasteiger partial charge is 0.747 e. The van der Waals surface area contributed by atoms with Crippen LogP contribution in [0, 0.1) is 0 Å². The standard InChI is InChI=1S/C13H17NO9S3.Na/c1-8(2)13(18)22-4-6-25-24-5-3-11(16)23-14-10(15)7-9(12(14)17)26(19,20)21;/h9H,1,3-7H2,2H3,(H,19,20,21);/q;+1/p-1. The van der Waals surface area contributed by atoms with Gasteiger partial charge in [-0.15, -0.1) is 5.06 Å². The Morgan fingerprint density at radius 3 is 2.41 bits per heavy atom. The summed E-state index contributed by atoms with van der Waals surface area (Å²) in [5, 5.41) is -2.04. The van der Waals surface area contributed by atoms with Gasteiger partial charge in [0.1, 0.15) is 22.0 Å². The van der Waals surface area contributed by atoms with E-state index in [1.165, 1.54) is 28.5 Å². The van der Waals surface area contributed by atoms with Crippen LogP contribution in [0.2, 0.25) is 0 Å². The maximum atomic E-state index is 11.6. The molecule has 1 rings (SSSR count). The second-order valence-corrected chi connectivity index (χ2v) is 9.24. The zero-order chi connectivity index (χ0) is 19.9. The van der Waals surface area contributed by atoms with Crippen molar-refractivity contribution in [2.24, 2.45) is 0 Å². The number of rotatable bonds is 10. The fourth-order valence-corrected chi connectivity index (χ4v) is 4.07. The minimum Gasteiger partial charge on any atom is -0.747 e. The zero-order valence-corrected chi connectivity index (χ0v) is 19.1. The number of amides is 2. The van der Waals surface area contributed by atoms with Gasteiger partial charge in [-0.25, -0.2) is 18.0 Å². The molecule has 0 saturated carbocycles. The quantitative estimate of drug-likeness (QED) is 0.0640. The molecular formula is C13H16NNaO9S3. The molecule has 1 atom stereocenters. The van der Waals surface area contributed by atoms with Gasteiger partial charge in [-0.1, -0.05) is 28.2 Å². The van der Waals surface area contributed by atoms with E-state index in [1.807, 2.05) is 0 Å². The number of carbonyl (C=O) groups is 4. The molecule has 0 radical (unpaired) electrons. The SMILES string of the molecule is C=C(C)C(=O)OCCSSCCC(=O)ON1C(=O)CC(S(=O)(=O)[O-])C1=O.[Na+]. The van der Waals surface area contributed by atoms with Crippen molar-refractivity contribution in [2.75, 3.05) is 18.1 Å². The minimum atomic E-state index is -5.00. The van der Waals surface area contributed by atoms with Crippen LogP contribution in [-0.2, 0) is 38.9 Å². The summed E-state index contributed by atoms with van der Waals surface area (Å²) in [6, 6.07) is 0. The van der Waals surface area contributed by atoms with Crippen molar-refractivity contribution in [3.8, 4) is 0 Å². The first-order valence-corrected chi connectivity index (χ1v) is 11.1. The normalized spacial score (nSPS) is 16.7. The van der Waals surface area contributed by atoms with E-state index >= 15 is 0 Å². The number of hydroxylamine groups is 2. The third-order valence-corrected chi connectivity index (χ3v) is 6.26. The Labute approximate surface area is 186 Å². The van der Waals surface area contributed by atoms with Crippen LogP contribution in [0.5, 0.6) is 0 Å². The Hall–Kier alpha value is -0.570. The van der Waals surface area contributed by atoms with Gasteiger partial charge in [0.25, 0.3) is 11.8 Å². The van der Waals surface area contributed by atoms with E-state index in [0.717, 1.165) is 0 Å². The number of nitrogens with zero attached hydrogens (tertiary/aromatic N) is 1. The van der Waals surface area contributed by atoms with Crippen molar-refractivity contribution in [2.45, 2.75) is 25.0 Å². The van der Waals surface area contributed by atoms with Crippen LogP contribution >= 0.6 is 21.6 Å². The first-order valence-electron chi connectivity index (χ1n) is 7.13. The molecule has 1 aliphatic heterocycles. The average molecular weight is 449 g/mol. The molecule has 27 heavy (non-hydrogen) atoms. The maximum absolute atomic E-state index is 11.6. The Morgan fingerprint density at radius 2 is 1.89 bits per heavy atom. The van der Waals surface area contributed by atoms with Crippen molar-refractivity contribution in [1.29, 1.82) is 0 Å². The van der Waals surface area contributed by atoms with Gasteiger partial charge in [-0.05, 0) is 6.92 Å². The molecule has 146 valence electrons. The summed E-state index contributed by atoms with van der Waals surface area (Å²) in [4.78, 5) is 50.4. The summed E-state index contributed by atoms with van der Waals surface area (Å²) in [7, 11) is -2.39. The molecule has 1 aliphatic rings. The fourth-order valence-electron chi connectivity index (χ4n) is 1.59. The second-order valence-electron chi connectivity index (χ2n) is 4.99. The second kappa shape index (κ2) is 12.1. The van der Waals surface area contributed by atoms with Gasteiger partial charge >= 0.3 is 41.5 Å². The molecule has 0 bridgehead atoms. The van der Waals surface area contributed by atoms with E-state index in [9.17, 15) is 32.1 Å². The molecule has 1 fully saturated rings. The number of hydrogen-bond acceptors (Lipinski definition) is 11. The van der Waals surface area contributed by atoms with Gasteiger partial charge in [0.05, 0.1) is 12.8 Å². The Balaban J connectivity index is 0.00000676. The van der Waals surface area contributed by atoms with E-state index in [1.54, 1.807) is 0 Å². The first-order chi connectivity index (χ1) is 12.0. The molecule has 0 aliphatic carbocycles. The van der Waals surface area contributed by atoms with Gasteiger partial charge in [-0.2, -0.15) is 0 Å². The van der Waals surface area contributed by atoms with Crippen molar-refractivity contribution < 1.29 is 71.3 Å². The molecule has 0 N–H and O–H groups in total. The van der Waals surface area contributed by atoms with E-state index in [-0.39, 0.29) is 53.4 Å². The monoisotopic (exact) mass is 449 g/mol. The van der Waals surface area contributed by atoms with E-state index in [0.29, 0.717) is 11.3 Å². The average Bonchev–Trinajstić information content (AvgIpc) is 2.81. The van der Waals surface area contributed by atoms with Crippen molar-refractivity contribution >= 4 is 55.5 Å². The van der Waals surface area contributed by atoms with Crippen LogP contribution in [0.15, 0.2) is 12.2 Å². The molecule has 1 saturated heterocycles. The summed E-state index contributed by atoms with van der Waals surface area (Å²) in [6.07, 6.45) is -0.999. The summed E-state index contributed by atoms with van der Waals surface area (Å²) >= 11 is 0.